The number of aromatic nitrogens is 3. The molecule has 0 aliphatic rings. The van der Waals surface area contributed by atoms with E-state index in [1.54, 1.807) is 33.6 Å². The molecule has 1 aromatic heterocycles. The van der Waals surface area contributed by atoms with Gasteiger partial charge in [-0.2, -0.15) is 5.10 Å². The first-order valence-corrected chi connectivity index (χ1v) is 5.48. The second-order valence-corrected chi connectivity index (χ2v) is 3.51. The molecule has 0 saturated heterocycles. The van der Waals surface area contributed by atoms with Gasteiger partial charge in [0.05, 0.1) is 27.5 Å². The first-order chi connectivity index (χ1) is 9.30. The predicted octanol–water partition coefficient (Wildman–Crippen LogP) is 1.19. The van der Waals surface area contributed by atoms with Gasteiger partial charge in [0.25, 0.3) is 0 Å². The van der Waals surface area contributed by atoms with Crippen molar-refractivity contribution in [1.29, 1.82) is 0 Å². The molecule has 0 spiro atoms. The van der Waals surface area contributed by atoms with Crippen LogP contribution in [0, 0.1) is 0 Å². The van der Waals surface area contributed by atoms with Crippen molar-refractivity contribution in [2.45, 2.75) is 0 Å². The summed E-state index contributed by atoms with van der Waals surface area (Å²) in [7, 11) is 4.69. The van der Waals surface area contributed by atoms with E-state index in [1.165, 1.54) is 17.3 Å². The van der Waals surface area contributed by atoms with Crippen LogP contribution in [-0.4, -0.2) is 42.4 Å². The fourth-order valence-electron chi connectivity index (χ4n) is 1.61. The van der Waals surface area contributed by atoms with Gasteiger partial charge >= 0.3 is 0 Å². The molecule has 7 nitrogen and oxygen atoms in total. The fourth-order valence-corrected chi connectivity index (χ4v) is 1.61. The van der Waals surface area contributed by atoms with E-state index in [0.717, 1.165) is 5.56 Å². The Morgan fingerprint density at radius 1 is 1.00 bits per heavy atom. The zero-order valence-electron chi connectivity index (χ0n) is 10.9. The van der Waals surface area contributed by atoms with E-state index in [9.17, 15) is 0 Å². The standard InChI is InChI=1S/C12H14N4O3/c1-17-10-5-4-9(11(18-2)12(10)19-3)6-15-16-7-13-14-8-16/h4-8H,1-3H3/b15-6-. The molecule has 2 rings (SSSR count). The van der Waals surface area contributed by atoms with Crippen molar-refractivity contribution >= 4 is 6.21 Å². The molecule has 1 aromatic carbocycles. The number of methoxy groups -OCH3 is 3. The second-order valence-electron chi connectivity index (χ2n) is 3.51. The van der Waals surface area contributed by atoms with Crippen LogP contribution in [0.25, 0.3) is 0 Å². The molecule has 7 heteroatoms. The van der Waals surface area contributed by atoms with Gasteiger partial charge < -0.3 is 14.2 Å². The molecular formula is C12H14N4O3. The van der Waals surface area contributed by atoms with Crippen LogP contribution in [0.5, 0.6) is 17.2 Å². The monoisotopic (exact) mass is 262 g/mol. The molecule has 1 heterocycles. The minimum atomic E-state index is 0.526. The smallest absolute Gasteiger partial charge is 0.203 e. The van der Waals surface area contributed by atoms with E-state index in [-0.39, 0.29) is 0 Å². The maximum atomic E-state index is 5.34. The first-order valence-electron chi connectivity index (χ1n) is 5.48. The number of rotatable bonds is 5. The minimum absolute atomic E-state index is 0.526. The van der Waals surface area contributed by atoms with Crippen molar-refractivity contribution in [3.05, 3.63) is 30.4 Å². The molecule has 2 aromatic rings. The third-order valence-electron chi connectivity index (χ3n) is 2.47. The number of hydrogen-bond acceptors (Lipinski definition) is 6. The second kappa shape index (κ2) is 5.85. The lowest BCUT2D eigenvalue weighted by Gasteiger charge is -2.13. The van der Waals surface area contributed by atoms with E-state index in [4.69, 9.17) is 14.2 Å². The predicted molar refractivity (Wildman–Crippen MR) is 69.1 cm³/mol. The topological polar surface area (TPSA) is 70.8 Å². The zero-order valence-corrected chi connectivity index (χ0v) is 10.9. The van der Waals surface area contributed by atoms with Gasteiger partial charge in [-0.3, -0.25) is 0 Å². The summed E-state index contributed by atoms with van der Waals surface area (Å²) in [6.07, 6.45) is 4.61. The van der Waals surface area contributed by atoms with Crippen LogP contribution in [0.3, 0.4) is 0 Å². The Kier molecular flexibility index (Phi) is 3.97. The van der Waals surface area contributed by atoms with Gasteiger partial charge in [-0.05, 0) is 12.1 Å². The number of ether oxygens (including phenoxy) is 3. The highest BCUT2D eigenvalue weighted by Crippen LogP contribution is 2.38. The van der Waals surface area contributed by atoms with Crippen molar-refractivity contribution < 1.29 is 14.2 Å². The molecule has 0 aliphatic heterocycles. The molecule has 0 saturated carbocycles. The highest BCUT2D eigenvalue weighted by Gasteiger charge is 2.14. The number of nitrogens with zero attached hydrogens (tertiary/aromatic N) is 4. The van der Waals surface area contributed by atoms with Crippen molar-refractivity contribution in [1.82, 2.24) is 14.9 Å². The Morgan fingerprint density at radius 3 is 2.26 bits per heavy atom. The summed E-state index contributed by atoms with van der Waals surface area (Å²) in [5, 5.41) is 11.5. The minimum Gasteiger partial charge on any atom is -0.493 e. The van der Waals surface area contributed by atoms with Crippen LogP contribution in [0.2, 0.25) is 0 Å². The van der Waals surface area contributed by atoms with Crippen molar-refractivity contribution in [3.63, 3.8) is 0 Å². The average molecular weight is 262 g/mol. The SMILES string of the molecule is COc1ccc(/C=N\n2cnnc2)c(OC)c1OC. The molecule has 0 fully saturated rings. The summed E-state index contributed by atoms with van der Waals surface area (Å²) in [5.41, 5.74) is 0.758. The molecule has 0 radical (unpaired) electrons. The molecule has 0 N–H and O–H groups in total. The first kappa shape index (κ1) is 12.9. The lowest BCUT2D eigenvalue weighted by Crippen LogP contribution is -1.99. The maximum absolute atomic E-state index is 5.34. The molecule has 19 heavy (non-hydrogen) atoms. The van der Waals surface area contributed by atoms with Gasteiger partial charge in [0, 0.05) is 5.56 Å². The summed E-state index contributed by atoms with van der Waals surface area (Å²) >= 11 is 0. The summed E-state index contributed by atoms with van der Waals surface area (Å²) in [5.74, 6) is 1.68. The zero-order chi connectivity index (χ0) is 13.7. The Bertz CT molecular complexity index is 567. The van der Waals surface area contributed by atoms with Gasteiger partial charge in [0.15, 0.2) is 11.5 Å². The molecule has 0 aliphatic carbocycles. The Labute approximate surface area is 110 Å². The molecule has 100 valence electrons. The Hall–Kier alpha value is -2.57. The van der Waals surface area contributed by atoms with E-state index in [2.05, 4.69) is 15.3 Å². The van der Waals surface area contributed by atoms with Crippen LogP contribution >= 0.6 is 0 Å². The summed E-state index contributed by atoms with van der Waals surface area (Å²) in [6.45, 7) is 0. The molecular weight excluding hydrogens is 248 g/mol. The fraction of sp³-hybridized carbons (Fsp3) is 0.250. The molecule has 0 amide bonds. The number of hydrogen-bond donors (Lipinski definition) is 0. The van der Waals surface area contributed by atoms with Crippen LogP contribution in [0.15, 0.2) is 29.9 Å². The van der Waals surface area contributed by atoms with Gasteiger partial charge in [-0.1, -0.05) is 0 Å². The van der Waals surface area contributed by atoms with Gasteiger partial charge in [-0.15, -0.1) is 10.2 Å². The van der Waals surface area contributed by atoms with Crippen molar-refractivity contribution in [2.24, 2.45) is 5.10 Å². The van der Waals surface area contributed by atoms with Crippen LogP contribution in [0.1, 0.15) is 5.56 Å². The van der Waals surface area contributed by atoms with Crippen LogP contribution in [-0.2, 0) is 0 Å². The lowest BCUT2D eigenvalue weighted by molar-refractivity contribution is 0.324. The van der Waals surface area contributed by atoms with E-state index >= 15 is 0 Å². The maximum Gasteiger partial charge on any atom is 0.203 e. The summed E-state index contributed by atoms with van der Waals surface area (Å²) < 4.78 is 17.3. The molecule has 0 atom stereocenters. The van der Waals surface area contributed by atoms with E-state index in [0.29, 0.717) is 17.2 Å². The van der Waals surface area contributed by atoms with Crippen molar-refractivity contribution in [2.75, 3.05) is 21.3 Å². The highest BCUT2D eigenvalue weighted by molar-refractivity contribution is 5.86. The van der Waals surface area contributed by atoms with Crippen LogP contribution < -0.4 is 14.2 Å². The third-order valence-corrected chi connectivity index (χ3v) is 2.47. The highest BCUT2D eigenvalue weighted by atomic mass is 16.5. The van der Waals surface area contributed by atoms with Gasteiger partial charge in [-0.25, -0.2) is 4.68 Å². The molecule has 0 bridgehead atoms. The van der Waals surface area contributed by atoms with Gasteiger partial charge in [0.2, 0.25) is 5.75 Å². The number of benzene rings is 1. The van der Waals surface area contributed by atoms with Crippen molar-refractivity contribution in [3.8, 4) is 17.2 Å². The quantitative estimate of drug-likeness (QED) is 0.757. The third kappa shape index (κ3) is 2.65. The molecule has 0 unspecified atom stereocenters. The van der Waals surface area contributed by atoms with Gasteiger partial charge in [0.1, 0.15) is 12.7 Å². The Balaban J connectivity index is 2.40. The van der Waals surface area contributed by atoms with Crippen LogP contribution in [0.4, 0.5) is 0 Å². The average Bonchev–Trinajstić information content (AvgIpc) is 2.96. The normalized spacial score (nSPS) is 10.7. The lowest BCUT2D eigenvalue weighted by atomic mass is 10.2. The van der Waals surface area contributed by atoms with E-state index < -0.39 is 0 Å². The van der Waals surface area contributed by atoms with E-state index in [1.807, 2.05) is 6.07 Å². The summed E-state index contributed by atoms with van der Waals surface area (Å²) in [4.78, 5) is 0. The summed E-state index contributed by atoms with van der Waals surface area (Å²) in [6, 6.07) is 3.61. The largest absolute Gasteiger partial charge is 0.493 e. The Morgan fingerprint density at radius 2 is 1.68 bits per heavy atom.